The Morgan fingerprint density at radius 2 is 2.06 bits per heavy atom. The van der Waals surface area contributed by atoms with E-state index in [-0.39, 0.29) is 5.75 Å². The minimum atomic E-state index is -0.930. The predicted octanol–water partition coefficient (Wildman–Crippen LogP) is 0.933. The van der Waals surface area contributed by atoms with Crippen LogP contribution >= 0.6 is 11.8 Å². The number of tetrazole rings is 1. The van der Waals surface area contributed by atoms with Gasteiger partial charge in [-0.3, -0.25) is 4.79 Å². The number of phenolic OH excluding ortho intramolecular Hbond substituents is 1. The Hall–Kier alpha value is -2.09. The molecule has 0 fully saturated rings. The number of aromatic hydroxyl groups is 1. The molecule has 0 radical (unpaired) electrons. The van der Waals surface area contributed by atoms with Crippen molar-refractivity contribution in [1.29, 1.82) is 0 Å². The molecule has 0 saturated carbocycles. The van der Waals surface area contributed by atoms with Crippen LogP contribution < -0.4 is 0 Å². The fourth-order valence-corrected chi connectivity index (χ4v) is 1.96. The van der Waals surface area contributed by atoms with Gasteiger partial charge in [-0.25, -0.2) is 0 Å². The molecule has 2 N–H and O–H groups in total. The van der Waals surface area contributed by atoms with E-state index in [0.717, 1.165) is 11.8 Å². The summed E-state index contributed by atoms with van der Waals surface area (Å²) in [5.41, 5.74) is 0.651. The molecule has 1 aromatic carbocycles. The number of carboxylic acids is 1. The van der Waals surface area contributed by atoms with Crippen LogP contribution in [0.2, 0.25) is 0 Å². The van der Waals surface area contributed by atoms with Crippen molar-refractivity contribution in [3.8, 4) is 11.4 Å². The maximum atomic E-state index is 10.8. The van der Waals surface area contributed by atoms with Crippen LogP contribution in [-0.4, -0.2) is 41.6 Å². The number of aromatic nitrogens is 4. The zero-order chi connectivity index (χ0) is 13.1. The number of carbonyl (C=O) groups is 1. The Bertz CT molecular complexity index is 555. The van der Waals surface area contributed by atoms with Crippen LogP contribution in [-0.2, 0) is 4.79 Å². The van der Waals surface area contributed by atoms with Gasteiger partial charge < -0.3 is 10.2 Å². The standard InChI is InChI=1S/C10H10N4O3S/c1-6(9(16)17)18-10-11-12-13-14(10)7-2-4-8(15)5-3-7/h2-6,15H,1H3,(H,16,17). The summed E-state index contributed by atoms with van der Waals surface area (Å²) in [6.45, 7) is 1.56. The highest BCUT2D eigenvalue weighted by atomic mass is 32.2. The summed E-state index contributed by atoms with van der Waals surface area (Å²) in [5.74, 6) is -0.791. The number of phenols is 1. The molecule has 0 saturated heterocycles. The monoisotopic (exact) mass is 266 g/mol. The molecule has 2 aromatic rings. The summed E-state index contributed by atoms with van der Waals surface area (Å²) in [4.78, 5) is 10.8. The highest BCUT2D eigenvalue weighted by Gasteiger charge is 2.18. The molecule has 7 nitrogen and oxygen atoms in total. The SMILES string of the molecule is CC(Sc1nnnn1-c1ccc(O)cc1)C(=O)O. The van der Waals surface area contributed by atoms with Crippen molar-refractivity contribution in [2.45, 2.75) is 17.3 Å². The van der Waals surface area contributed by atoms with E-state index < -0.39 is 11.2 Å². The number of aliphatic carboxylic acids is 1. The van der Waals surface area contributed by atoms with Gasteiger partial charge in [-0.05, 0) is 41.6 Å². The Morgan fingerprint density at radius 3 is 2.67 bits per heavy atom. The van der Waals surface area contributed by atoms with Crippen LogP contribution in [0.3, 0.4) is 0 Å². The number of carboxylic acid groups (broad SMARTS) is 1. The summed E-state index contributed by atoms with van der Waals surface area (Å²) in [6, 6.07) is 6.29. The van der Waals surface area contributed by atoms with Gasteiger partial charge in [0.05, 0.1) is 5.69 Å². The van der Waals surface area contributed by atoms with E-state index in [0.29, 0.717) is 10.8 Å². The summed E-state index contributed by atoms with van der Waals surface area (Å²) in [6.07, 6.45) is 0. The Morgan fingerprint density at radius 1 is 1.39 bits per heavy atom. The topological polar surface area (TPSA) is 101 Å². The minimum Gasteiger partial charge on any atom is -0.508 e. The smallest absolute Gasteiger partial charge is 0.316 e. The van der Waals surface area contributed by atoms with Gasteiger partial charge in [-0.15, -0.1) is 5.10 Å². The third-order valence-corrected chi connectivity index (χ3v) is 3.19. The number of benzene rings is 1. The van der Waals surface area contributed by atoms with E-state index in [1.54, 1.807) is 19.1 Å². The summed E-state index contributed by atoms with van der Waals surface area (Å²) < 4.78 is 1.42. The predicted molar refractivity (Wildman–Crippen MR) is 63.8 cm³/mol. The number of hydrogen-bond acceptors (Lipinski definition) is 6. The number of hydrogen-bond donors (Lipinski definition) is 2. The molecule has 1 aromatic heterocycles. The fraction of sp³-hybridized carbons (Fsp3) is 0.200. The van der Waals surface area contributed by atoms with Gasteiger partial charge in [0.15, 0.2) is 0 Å². The molecule has 0 amide bonds. The first-order valence-corrected chi connectivity index (χ1v) is 5.93. The van der Waals surface area contributed by atoms with Crippen molar-refractivity contribution < 1.29 is 15.0 Å². The van der Waals surface area contributed by atoms with Gasteiger partial charge >= 0.3 is 5.97 Å². The van der Waals surface area contributed by atoms with Crippen molar-refractivity contribution in [3.63, 3.8) is 0 Å². The number of thioether (sulfide) groups is 1. The van der Waals surface area contributed by atoms with E-state index >= 15 is 0 Å². The number of rotatable bonds is 4. The molecule has 2 rings (SSSR count). The molecule has 18 heavy (non-hydrogen) atoms. The van der Waals surface area contributed by atoms with Gasteiger partial charge in [0.25, 0.3) is 0 Å². The Balaban J connectivity index is 2.27. The average molecular weight is 266 g/mol. The van der Waals surface area contributed by atoms with Gasteiger partial charge in [-0.2, -0.15) is 4.68 Å². The normalized spacial score (nSPS) is 12.3. The van der Waals surface area contributed by atoms with Crippen molar-refractivity contribution in [2.75, 3.05) is 0 Å². The summed E-state index contributed by atoms with van der Waals surface area (Å²) in [5, 5.41) is 28.9. The van der Waals surface area contributed by atoms with Crippen molar-refractivity contribution in [1.82, 2.24) is 20.2 Å². The third-order valence-electron chi connectivity index (χ3n) is 2.17. The lowest BCUT2D eigenvalue weighted by atomic mass is 10.3. The largest absolute Gasteiger partial charge is 0.508 e. The third kappa shape index (κ3) is 2.59. The molecule has 0 spiro atoms. The average Bonchev–Trinajstić information content (AvgIpc) is 2.78. The fourth-order valence-electron chi connectivity index (χ4n) is 1.22. The highest BCUT2D eigenvalue weighted by molar-refractivity contribution is 8.00. The summed E-state index contributed by atoms with van der Waals surface area (Å²) in [7, 11) is 0. The molecule has 0 aliphatic rings. The molecule has 1 unspecified atom stereocenters. The molecule has 0 bridgehead atoms. The van der Waals surface area contributed by atoms with Gasteiger partial charge in [0.1, 0.15) is 11.0 Å². The van der Waals surface area contributed by atoms with Crippen LogP contribution in [0.25, 0.3) is 5.69 Å². The first-order chi connectivity index (χ1) is 8.58. The van der Waals surface area contributed by atoms with E-state index in [9.17, 15) is 9.90 Å². The molecule has 0 aliphatic heterocycles. The van der Waals surface area contributed by atoms with E-state index in [1.165, 1.54) is 16.8 Å². The molecular formula is C10H10N4O3S. The molecule has 1 heterocycles. The van der Waals surface area contributed by atoms with Crippen molar-refractivity contribution >= 4 is 17.7 Å². The van der Waals surface area contributed by atoms with Gasteiger partial charge in [0, 0.05) is 0 Å². The Kier molecular flexibility index (Phi) is 3.47. The molecular weight excluding hydrogens is 256 g/mol. The van der Waals surface area contributed by atoms with Crippen LogP contribution in [0.5, 0.6) is 5.75 Å². The lowest BCUT2D eigenvalue weighted by molar-refractivity contribution is -0.136. The first-order valence-electron chi connectivity index (χ1n) is 5.05. The zero-order valence-corrected chi connectivity index (χ0v) is 10.2. The second-order valence-corrected chi connectivity index (χ2v) is 4.80. The van der Waals surface area contributed by atoms with E-state index in [2.05, 4.69) is 15.5 Å². The van der Waals surface area contributed by atoms with Crippen molar-refractivity contribution in [2.24, 2.45) is 0 Å². The highest BCUT2D eigenvalue weighted by Crippen LogP contribution is 2.23. The van der Waals surface area contributed by atoms with Gasteiger partial charge in [0.2, 0.25) is 5.16 Å². The molecule has 0 aliphatic carbocycles. The minimum absolute atomic E-state index is 0.139. The maximum Gasteiger partial charge on any atom is 0.316 e. The van der Waals surface area contributed by atoms with Crippen LogP contribution in [0.15, 0.2) is 29.4 Å². The molecule has 8 heteroatoms. The maximum absolute atomic E-state index is 10.8. The first kappa shape index (κ1) is 12.4. The quantitative estimate of drug-likeness (QED) is 0.794. The lowest BCUT2D eigenvalue weighted by Crippen LogP contribution is -2.12. The molecule has 94 valence electrons. The van der Waals surface area contributed by atoms with E-state index in [4.69, 9.17) is 5.11 Å². The van der Waals surface area contributed by atoms with Crippen molar-refractivity contribution in [3.05, 3.63) is 24.3 Å². The summed E-state index contributed by atoms with van der Waals surface area (Å²) >= 11 is 1.05. The Labute approximate surface area is 106 Å². The van der Waals surface area contributed by atoms with Crippen LogP contribution in [0.4, 0.5) is 0 Å². The lowest BCUT2D eigenvalue weighted by Gasteiger charge is -2.06. The van der Waals surface area contributed by atoms with Gasteiger partial charge in [-0.1, -0.05) is 11.8 Å². The second kappa shape index (κ2) is 5.05. The molecule has 1 atom stereocenters. The second-order valence-electron chi connectivity index (χ2n) is 3.49. The van der Waals surface area contributed by atoms with E-state index in [1.807, 2.05) is 0 Å². The van der Waals surface area contributed by atoms with Crippen LogP contribution in [0.1, 0.15) is 6.92 Å². The van der Waals surface area contributed by atoms with Crippen LogP contribution in [0, 0.1) is 0 Å². The number of nitrogens with zero attached hydrogens (tertiary/aromatic N) is 4. The zero-order valence-electron chi connectivity index (χ0n) is 9.39.